The molecule has 0 fully saturated rings. The van der Waals surface area contributed by atoms with E-state index in [-0.39, 0.29) is 29.3 Å². The molecule has 0 aliphatic carbocycles. The molecule has 3 nitrogen and oxygen atoms in total. The van der Waals surface area contributed by atoms with Crippen LogP contribution in [0.4, 0.5) is 8.78 Å². The predicted octanol–water partition coefficient (Wildman–Crippen LogP) is 5.45. The van der Waals surface area contributed by atoms with E-state index in [1.54, 1.807) is 25.1 Å². The quantitative estimate of drug-likeness (QED) is 0.440. The van der Waals surface area contributed by atoms with E-state index in [0.717, 1.165) is 12.8 Å². The second-order valence-corrected chi connectivity index (χ2v) is 5.53. The fraction of sp³-hybridized carbons (Fsp3) is 0.300. The van der Waals surface area contributed by atoms with Crippen LogP contribution in [0.3, 0.4) is 0 Å². The number of unbranched alkanes of at least 4 members (excludes halogenated alkanes) is 1. The first-order valence-corrected chi connectivity index (χ1v) is 8.15. The molecule has 0 aliphatic rings. The summed E-state index contributed by atoms with van der Waals surface area (Å²) in [5, 5.41) is 0.981. The molecule has 2 aromatic carbocycles. The summed E-state index contributed by atoms with van der Waals surface area (Å²) in [6, 6.07) is 6.36. The molecule has 1 aromatic heterocycles. The Labute approximate surface area is 144 Å². The lowest BCUT2D eigenvalue weighted by Gasteiger charge is -2.06. The highest BCUT2D eigenvalue weighted by atomic mass is 19.1. The van der Waals surface area contributed by atoms with E-state index in [9.17, 15) is 8.78 Å². The number of rotatable bonds is 6. The molecule has 0 unspecified atom stereocenters. The zero-order chi connectivity index (χ0) is 17.8. The van der Waals surface area contributed by atoms with Crippen LogP contribution in [0.25, 0.3) is 21.9 Å². The molecule has 130 valence electrons. The van der Waals surface area contributed by atoms with Gasteiger partial charge in [-0.15, -0.1) is 5.92 Å². The Hall–Kier alpha value is -2.74. The Morgan fingerprint density at radius 1 is 0.960 bits per heavy atom. The first-order valence-electron chi connectivity index (χ1n) is 8.15. The van der Waals surface area contributed by atoms with Crippen LogP contribution in [-0.4, -0.2) is 13.2 Å². The van der Waals surface area contributed by atoms with E-state index in [4.69, 9.17) is 13.9 Å². The van der Waals surface area contributed by atoms with Crippen LogP contribution in [0.1, 0.15) is 26.7 Å². The summed E-state index contributed by atoms with van der Waals surface area (Å²) >= 11 is 0. The summed E-state index contributed by atoms with van der Waals surface area (Å²) in [4.78, 5) is 0. The fourth-order valence-electron chi connectivity index (χ4n) is 2.54. The van der Waals surface area contributed by atoms with Crippen LogP contribution in [0.2, 0.25) is 0 Å². The third-order valence-electron chi connectivity index (χ3n) is 3.85. The maximum Gasteiger partial charge on any atom is 0.208 e. The number of fused-ring (bicyclic) bond motifs is 3. The Bertz CT molecular complexity index is 964. The second kappa shape index (κ2) is 7.43. The summed E-state index contributed by atoms with van der Waals surface area (Å²) in [7, 11) is 0. The van der Waals surface area contributed by atoms with E-state index < -0.39 is 11.6 Å². The molecule has 0 N–H and O–H groups in total. The van der Waals surface area contributed by atoms with Gasteiger partial charge in [0.25, 0.3) is 0 Å². The van der Waals surface area contributed by atoms with E-state index in [0.29, 0.717) is 17.4 Å². The van der Waals surface area contributed by atoms with Crippen LogP contribution < -0.4 is 9.47 Å². The van der Waals surface area contributed by atoms with Crippen molar-refractivity contribution in [2.45, 2.75) is 26.7 Å². The monoisotopic (exact) mass is 344 g/mol. The molecule has 0 saturated carbocycles. The minimum atomic E-state index is -0.667. The lowest BCUT2D eigenvalue weighted by Crippen LogP contribution is -1.98. The van der Waals surface area contributed by atoms with Crippen LogP contribution in [0, 0.1) is 23.5 Å². The van der Waals surface area contributed by atoms with Crippen LogP contribution >= 0.6 is 0 Å². The van der Waals surface area contributed by atoms with Crippen molar-refractivity contribution in [3.05, 3.63) is 35.9 Å². The number of hydrogen-bond acceptors (Lipinski definition) is 3. The van der Waals surface area contributed by atoms with Gasteiger partial charge in [-0.1, -0.05) is 19.3 Å². The van der Waals surface area contributed by atoms with Gasteiger partial charge in [0.1, 0.15) is 6.61 Å². The van der Waals surface area contributed by atoms with Crippen LogP contribution in [0.5, 0.6) is 11.5 Å². The van der Waals surface area contributed by atoms with E-state index in [2.05, 4.69) is 11.8 Å². The number of furan rings is 1. The number of ether oxygens (including phenoxy) is 2. The Morgan fingerprint density at radius 3 is 2.12 bits per heavy atom. The number of halogens is 2. The molecule has 1 heterocycles. The van der Waals surface area contributed by atoms with Crippen molar-refractivity contribution < 1.29 is 22.7 Å². The molecule has 3 rings (SSSR count). The summed E-state index contributed by atoms with van der Waals surface area (Å²) in [6.07, 6.45) is 1.78. The fourth-order valence-corrected chi connectivity index (χ4v) is 2.54. The zero-order valence-electron chi connectivity index (χ0n) is 14.1. The molecule has 0 aliphatic heterocycles. The van der Waals surface area contributed by atoms with Gasteiger partial charge in [0.15, 0.2) is 22.7 Å². The molecule has 5 heteroatoms. The maximum atomic E-state index is 14.6. The molecule has 0 radical (unpaired) electrons. The molecule has 0 bridgehead atoms. The first-order chi connectivity index (χ1) is 12.2. The Balaban J connectivity index is 2.03. The smallest absolute Gasteiger partial charge is 0.208 e. The van der Waals surface area contributed by atoms with Crippen LogP contribution in [0.15, 0.2) is 28.7 Å². The van der Waals surface area contributed by atoms with Crippen molar-refractivity contribution in [1.29, 1.82) is 0 Å². The molecular weight excluding hydrogens is 326 g/mol. The second-order valence-electron chi connectivity index (χ2n) is 5.53. The van der Waals surface area contributed by atoms with Gasteiger partial charge in [-0.3, -0.25) is 0 Å². The van der Waals surface area contributed by atoms with Gasteiger partial charge in [0.05, 0.1) is 6.61 Å². The minimum Gasteiger partial charge on any atom is -0.490 e. The van der Waals surface area contributed by atoms with Crippen molar-refractivity contribution in [2.24, 2.45) is 0 Å². The topological polar surface area (TPSA) is 31.6 Å². The molecule has 0 saturated heterocycles. The van der Waals surface area contributed by atoms with Crippen molar-refractivity contribution in [3.63, 3.8) is 0 Å². The van der Waals surface area contributed by atoms with Gasteiger partial charge in [0.2, 0.25) is 11.6 Å². The predicted molar refractivity (Wildman–Crippen MR) is 93.0 cm³/mol. The highest BCUT2D eigenvalue weighted by Crippen LogP contribution is 2.37. The molecule has 25 heavy (non-hydrogen) atoms. The zero-order valence-corrected chi connectivity index (χ0v) is 14.1. The molecule has 3 aromatic rings. The van der Waals surface area contributed by atoms with Gasteiger partial charge < -0.3 is 13.9 Å². The van der Waals surface area contributed by atoms with Gasteiger partial charge in [-0.25, -0.2) is 0 Å². The number of hydrogen-bond donors (Lipinski definition) is 0. The minimum absolute atomic E-state index is 0.0200. The first kappa shape index (κ1) is 17.1. The van der Waals surface area contributed by atoms with Gasteiger partial charge in [-0.2, -0.15) is 8.78 Å². The van der Waals surface area contributed by atoms with E-state index >= 15 is 0 Å². The normalized spacial score (nSPS) is 10.7. The highest BCUT2D eigenvalue weighted by Gasteiger charge is 2.20. The van der Waals surface area contributed by atoms with Crippen molar-refractivity contribution in [2.75, 3.05) is 13.2 Å². The molecule has 0 atom stereocenters. The van der Waals surface area contributed by atoms with Gasteiger partial charge >= 0.3 is 0 Å². The highest BCUT2D eigenvalue weighted by molar-refractivity contribution is 6.06. The van der Waals surface area contributed by atoms with E-state index in [1.807, 2.05) is 6.92 Å². The largest absolute Gasteiger partial charge is 0.490 e. The lowest BCUT2D eigenvalue weighted by atomic mass is 10.1. The van der Waals surface area contributed by atoms with Crippen LogP contribution in [-0.2, 0) is 0 Å². The summed E-state index contributed by atoms with van der Waals surface area (Å²) < 4.78 is 45.4. The average molecular weight is 344 g/mol. The van der Waals surface area contributed by atoms with Crippen molar-refractivity contribution in [1.82, 2.24) is 0 Å². The third-order valence-corrected chi connectivity index (χ3v) is 3.85. The van der Waals surface area contributed by atoms with Crippen molar-refractivity contribution >= 4 is 21.9 Å². The van der Waals surface area contributed by atoms with Crippen molar-refractivity contribution in [3.8, 4) is 23.3 Å². The molecule has 0 spiro atoms. The number of benzene rings is 2. The third kappa shape index (κ3) is 3.25. The Kier molecular flexibility index (Phi) is 5.08. The standard InChI is InChI=1S/C20H18F2O3/c1-3-5-11-23-15-9-7-13-14-8-10-16(24-12-6-4-2)18(22)20(14)25-19(13)17(15)21/h7-10H,3,5,11-12H2,1-2H3. The summed E-state index contributed by atoms with van der Waals surface area (Å²) in [5.41, 5.74) is -0.0602. The summed E-state index contributed by atoms with van der Waals surface area (Å²) in [5.74, 6) is 4.20. The van der Waals surface area contributed by atoms with Gasteiger partial charge in [0, 0.05) is 10.8 Å². The molecular formula is C20H18F2O3. The lowest BCUT2D eigenvalue weighted by molar-refractivity contribution is 0.294. The molecule has 0 amide bonds. The summed E-state index contributed by atoms with van der Waals surface area (Å²) in [6.45, 7) is 4.19. The van der Waals surface area contributed by atoms with Gasteiger partial charge in [-0.05, 0) is 37.6 Å². The SMILES string of the molecule is CC#CCOc1ccc2c(oc3c(F)c(OCCCC)ccc32)c1F. The average Bonchev–Trinajstić information content (AvgIpc) is 3.00. The maximum absolute atomic E-state index is 14.6. The Morgan fingerprint density at radius 2 is 1.56 bits per heavy atom. The van der Waals surface area contributed by atoms with E-state index in [1.165, 1.54) is 6.07 Å².